The molecule has 2 N–H and O–H groups in total. The van der Waals surface area contributed by atoms with E-state index in [2.05, 4.69) is 16.4 Å². The second kappa shape index (κ2) is 8.71. The topological polar surface area (TPSA) is 66.6 Å². The third-order valence-corrected chi connectivity index (χ3v) is 6.47. The summed E-state index contributed by atoms with van der Waals surface area (Å²) in [5.41, 5.74) is 4.80. The zero-order chi connectivity index (χ0) is 22.9. The molecule has 33 heavy (non-hydrogen) atoms. The van der Waals surface area contributed by atoms with Crippen LogP contribution in [0.25, 0.3) is 10.9 Å². The van der Waals surface area contributed by atoms with Crippen molar-refractivity contribution in [2.45, 2.75) is 12.5 Å². The molecule has 0 aliphatic carbocycles. The van der Waals surface area contributed by atoms with Crippen LogP contribution in [0.3, 0.4) is 0 Å². The van der Waals surface area contributed by atoms with Gasteiger partial charge in [-0.25, -0.2) is 4.79 Å². The fraction of sp³-hybridized carbons (Fsp3) is 0.192. The van der Waals surface area contributed by atoms with Gasteiger partial charge < -0.3 is 24.7 Å². The summed E-state index contributed by atoms with van der Waals surface area (Å²) >= 11 is 6.29. The van der Waals surface area contributed by atoms with Crippen molar-refractivity contribution in [3.63, 3.8) is 0 Å². The molecule has 168 valence electrons. The Morgan fingerprint density at radius 3 is 2.48 bits per heavy atom. The number of aromatic nitrogens is 1. The molecular formula is C26H24ClN3O3. The van der Waals surface area contributed by atoms with Crippen LogP contribution < -0.4 is 14.8 Å². The Morgan fingerprint density at radius 2 is 1.76 bits per heavy atom. The Labute approximate surface area is 197 Å². The second-order valence-corrected chi connectivity index (χ2v) is 8.37. The quantitative estimate of drug-likeness (QED) is 0.390. The number of anilines is 1. The summed E-state index contributed by atoms with van der Waals surface area (Å²) < 4.78 is 10.8. The lowest BCUT2D eigenvalue weighted by molar-refractivity contribution is 0.193. The van der Waals surface area contributed by atoms with Crippen molar-refractivity contribution < 1.29 is 14.3 Å². The van der Waals surface area contributed by atoms with Gasteiger partial charge in [-0.2, -0.15) is 0 Å². The van der Waals surface area contributed by atoms with Crippen molar-refractivity contribution in [2.24, 2.45) is 0 Å². The standard InChI is InChI=1S/C26H24ClN3O3/c1-32-17-9-7-16(8-10-17)25-24-19(20-15-18(33-2)11-12-22(20)28-24)13-14-30(25)26(31)29-23-6-4-3-5-21(23)27/h3-12,15,25,28H,13-14H2,1-2H3,(H,29,31). The number of amides is 2. The van der Waals surface area contributed by atoms with Gasteiger partial charge in [-0.1, -0.05) is 35.9 Å². The molecule has 0 saturated carbocycles. The van der Waals surface area contributed by atoms with Gasteiger partial charge >= 0.3 is 6.03 Å². The maximum atomic E-state index is 13.4. The molecule has 4 aromatic rings. The molecule has 5 rings (SSSR count). The van der Waals surface area contributed by atoms with Crippen LogP contribution in [0, 0.1) is 0 Å². The van der Waals surface area contributed by atoms with E-state index in [0.29, 0.717) is 17.3 Å². The number of fused-ring (bicyclic) bond motifs is 3. The molecule has 1 aromatic heterocycles. The Balaban J connectivity index is 1.59. The average Bonchev–Trinajstić information content (AvgIpc) is 3.22. The molecule has 1 aliphatic rings. The minimum atomic E-state index is -0.291. The lowest BCUT2D eigenvalue weighted by Crippen LogP contribution is -2.43. The number of nitrogens with one attached hydrogen (secondary N) is 2. The fourth-order valence-electron chi connectivity index (χ4n) is 4.50. The Hall–Kier alpha value is -3.64. The average molecular weight is 462 g/mol. The molecular weight excluding hydrogens is 438 g/mol. The number of benzene rings is 3. The molecule has 0 fully saturated rings. The van der Waals surface area contributed by atoms with Crippen molar-refractivity contribution in [3.8, 4) is 11.5 Å². The predicted octanol–water partition coefficient (Wildman–Crippen LogP) is 6.02. The third kappa shape index (κ3) is 3.87. The molecule has 1 aliphatic heterocycles. The molecule has 1 unspecified atom stereocenters. The van der Waals surface area contributed by atoms with Crippen molar-refractivity contribution in [1.29, 1.82) is 0 Å². The summed E-state index contributed by atoms with van der Waals surface area (Å²) in [6.07, 6.45) is 0.727. The van der Waals surface area contributed by atoms with Gasteiger partial charge in [0.2, 0.25) is 0 Å². The minimum absolute atomic E-state index is 0.203. The summed E-state index contributed by atoms with van der Waals surface area (Å²) in [7, 11) is 3.31. The Bertz CT molecular complexity index is 1320. The molecule has 6 nitrogen and oxygen atoms in total. The number of methoxy groups -OCH3 is 2. The van der Waals surface area contributed by atoms with Gasteiger partial charge in [0.15, 0.2) is 0 Å². The molecule has 1 atom stereocenters. The second-order valence-electron chi connectivity index (χ2n) is 7.96. The highest BCUT2D eigenvalue weighted by molar-refractivity contribution is 6.33. The number of urea groups is 1. The first-order chi connectivity index (χ1) is 16.1. The lowest BCUT2D eigenvalue weighted by Gasteiger charge is -2.36. The summed E-state index contributed by atoms with van der Waals surface area (Å²) in [5, 5.41) is 4.60. The molecule has 0 spiro atoms. The highest BCUT2D eigenvalue weighted by Gasteiger charge is 2.35. The zero-order valence-electron chi connectivity index (χ0n) is 18.4. The SMILES string of the molecule is COc1ccc(C2c3[nH]c4ccc(OC)cc4c3CCN2C(=O)Nc2ccccc2Cl)cc1. The molecule has 3 aromatic carbocycles. The number of para-hydroxylation sites is 1. The first kappa shape index (κ1) is 21.2. The number of H-pyrrole nitrogens is 1. The maximum absolute atomic E-state index is 13.4. The summed E-state index contributed by atoms with van der Waals surface area (Å²) in [6, 6.07) is 20.6. The number of carbonyl (C=O) groups is 1. The van der Waals surface area contributed by atoms with Gasteiger partial charge in [0.1, 0.15) is 11.5 Å². The van der Waals surface area contributed by atoms with Crippen LogP contribution in [-0.2, 0) is 6.42 Å². The summed E-state index contributed by atoms with van der Waals surface area (Å²) in [5.74, 6) is 1.58. The minimum Gasteiger partial charge on any atom is -0.497 e. The smallest absolute Gasteiger partial charge is 0.322 e. The largest absolute Gasteiger partial charge is 0.497 e. The van der Waals surface area contributed by atoms with Crippen LogP contribution in [0.4, 0.5) is 10.5 Å². The van der Waals surface area contributed by atoms with Gasteiger partial charge in [-0.3, -0.25) is 0 Å². The third-order valence-electron chi connectivity index (χ3n) is 6.14. The monoisotopic (exact) mass is 461 g/mol. The van der Waals surface area contributed by atoms with Crippen molar-refractivity contribution in [2.75, 3.05) is 26.1 Å². The number of nitrogens with zero attached hydrogens (tertiary/aromatic N) is 1. The first-order valence-corrected chi connectivity index (χ1v) is 11.1. The normalized spacial score (nSPS) is 15.2. The number of carbonyl (C=O) groups excluding carboxylic acids is 1. The van der Waals surface area contributed by atoms with Crippen LogP contribution in [0.1, 0.15) is 22.9 Å². The number of halogens is 1. The lowest BCUT2D eigenvalue weighted by atomic mass is 9.92. The Morgan fingerprint density at radius 1 is 1.03 bits per heavy atom. The van der Waals surface area contributed by atoms with Crippen molar-refractivity contribution in [3.05, 3.63) is 88.6 Å². The molecule has 0 bridgehead atoms. The van der Waals surface area contributed by atoms with E-state index in [1.165, 1.54) is 5.56 Å². The van der Waals surface area contributed by atoms with E-state index < -0.39 is 0 Å². The number of rotatable bonds is 4. The number of aromatic amines is 1. The van der Waals surface area contributed by atoms with Gasteiger partial charge in [0.25, 0.3) is 0 Å². The number of hydrogen-bond donors (Lipinski definition) is 2. The first-order valence-electron chi connectivity index (χ1n) is 10.7. The van der Waals surface area contributed by atoms with E-state index in [4.69, 9.17) is 21.1 Å². The van der Waals surface area contributed by atoms with Gasteiger partial charge in [-0.15, -0.1) is 0 Å². The van der Waals surface area contributed by atoms with Crippen LogP contribution in [-0.4, -0.2) is 36.7 Å². The van der Waals surface area contributed by atoms with Crippen LogP contribution >= 0.6 is 11.6 Å². The van der Waals surface area contributed by atoms with E-state index in [1.54, 1.807) is 26.4 Å². The maximum Gasteiger partial charge on any atom is 0.322 e. The molecule has 2 heterocycles. The van der Waals surface area contributed by atoms with E-state index >= 15 is 0 Å². The highest BCUT2D eigenvalue weighted by atomic mass is 35.5. The van der Waals surface area contributed by atoms with Gasteiger partial charge in [0, 0.05) is 23.1 Å². The molecule has 2 amide bonds. The molecule has 0 saturated heterocycles. The Kier molecular flexibility index (Phi) is 5.60. The summed E-state index contributed by atoms with van der Waals surface area (Å²) in [6.45, 7) is 0.560. The van der Waals surface area contributed by atoms with Crippen LogP contribution in [0.2, 0.25) is 5.02 Å². The van der Waals surface area contributed by atoms with E-state index in [0.717, 1.165) is 40.1 Å². The highest BCUT2D eigenvalue weighted by Crippen LogP contribution is 2.40. The van der Waals surface area contributed by atoms with E-state index in [-0.39, 0.29) is 12.1 Å². The van der Waals surface area contributed by atoms with Crippen molar-refractivity contribution in [1.82, 2.24) is 9.88 Å². The molecule has 0 radical (unpaired) electrons. The fourth-order valence-corrected chi connectivity index (χ4v) is 4.68. The number of ether oxygens (including phenoxy) is 2. The summed E-state index contributed by atoms with van der Waals surface area (Å²) in [4.78, 5) is 18.9. The van der Waals surface area contributed by atoms with Crippen LogP contribution in [0.5, 0.6) is 11.5 Å². The van der Waals surface area contributed by atoms with Gasteiger partial charge in [0.05, 0.1) is 31.0 Å². The van der Waals surface area contributed by atoms with E-state index in [9.17, 15) is 4.79 Å². The number of hydrogen-bond acceptors (Lipinski definition) is 3. The predicted molar refractivity (Wildman–Crippen MR) is 131 cm³/mol. The van der Waals surface area contributed by atoms with Crippen LogP contribution in [0.15, 0.2) is 66.7 Å². The zero-order valence-corrected chi connectivity index (χ0v) is 19.1. The van der Waals surface area contributed by atoms with E-state index in [1.807, 2.05) is 53.4 Å². The van der Waals surface area contributed by atoms with Gasteiger partial charge in [-0.05, 0) is 60.0 Å². The van der Waals surface area contributed by atoms with Crippen molar-refractivity contribution >= 4 is 34.2 Å². The molecule has 7 heteroatoms.